The summed E-state index contributed by atoms with van der Waals surface area (Å²) in [5.41, 5.74) is 1.67. The second kappa shape index (κ2) is 7.50. The Balaban J connectivity index is 2.81. The monoisotopic (exact) mass is 328 g/mol. The minimum absolute atomic E-state index is 0.0104. The van der Waals surface area contributed by atoms with Crippen molar-refractivity contribution in [1.82, 2.24) is 5.32 Å². The number of halogens is 1. The highest BCUT2D eigenvalue weighted by Crippen LogP contribution is 2.28. The summed E-state index contributed by atoms with van der Waals surface area (Å²) < 4.78 is 0.913. The molecule has 106 valence electrons. The average molecular weight is 329 g/mol. The minimum atomic E-state index is -0.575. The molecule has 0 bridgehead atoms. The van der Waals surface area contributed by atoms with E-state index in [0.717, 1.165) is 22.1 Å². The fraction of sp³-hybridized carbons (Fsp3) is 0.500. The Morgan fingerprint density at radius 3 is 2.79 bits per heavy atom. The highest BCUT2D eigenvalue weighted by atomic mass is 79.9. The lowest BCUT2D eigenvalue weighted by Crippen LogP contribution is -2.35. The van der Waals surface area contributed by atoms with E-state index in [1.807, 2.05) is 37.1 Å². The predicted octanol–water partition coefficient (Wildman–Crippen LogP) is 2.46. The molecule has 1 atom stereocenters. The number of benzene rings is 1. The normalized spacial score (nSPS) is 12.1. The van der Waals surface area contributed by atoms with E-state index in [-0.39, 0.29) is 12.5 Å². The molecule has 0 heterocycles. The quantitative estimate of drug-likeness (QED) is 0.843. The van der Waals surface area contributed by atoms with E-state index in [0.29, 0.717) is 6.54 Å². The minimum Gasteiger partial charge on any atom is -0.389 e. The summed E-state index contributed by atoms with van der Waals surface area (Å²) in [4.78, 5) is 13.6. The van der Waals surface area contributed by atoms with Gasteiger partial charge in [-0.3, -0.25) is 4.79 Å². The summed E-state index contributed by atoms with van der Waals surface area (Å²) in [5, 5.41) is 12.6. The molecule has 1 unspecified atom stereocenters. The first-order chi connectivity index (χ1) is 8.95. The highest BCUT2D eigenvalue weighted by molar-refractivity contribution is 9.10. The van der Waals surface area contributed by atoms with Crippen molar-refractivity contribution < 1.29 is 9.90 Å². The standard InChI is InChI=1S/C14H21BrN2O2/c1-4-7-16-14(19)9-17(3)13-6-5-11(15)8-12(13)10(2)18/h5-6,8,10,18H,4,7,9H2,1-3H3,(H,16,19). The largest absolute Gasteiger partial charge is 0.389 e. The van der Waals surface area contributed by atoms with E-state index in [2.05, 4.69) is 21.2 Å². The van der Waals surface area contributed by atoms with Gasteiger partial charge in [-0.2, -0.15) is 0 Å². The van der Waals surface area contributed by atoms with E-state index < -0.39 is 6.10 Å². The van der Waals surface area contributed by atoms with Gasteiger partial charge in [0.2, 0.25) is 5.91 Å². The zero-order valence-electron chi connectivity index (χ0n) is 11.6. The van der Waals surface area contributed by atoms with Crippen molar-refractivity contribution in [3.05, 3.63) is 28.2 Å². The Labute approximate surface area is 122 Å². The number of carbonyl (C=O) groups excluding carboxylic acids is 1. The summed E-state index contributed by atoms with van der Waals surface area (Å²) in [6, 6.07) is 5.68. The molecule has 2 N–H and O–H groups in total. The molecule has 0 aromatic heterocycles. The van der Waals surface area contributed by atoms with E-state index in [1.165, 1.54) is 0 Å². The molecule has 0 aliphatic heterocycles. The number of carbonyl (C=O) groups is 1. The number of likely N-dealkylation sites (N-methyl/N-ethyl adjacent to an activating group) is 1. The third kappa shape index (κ3) is 4.84. The van der Waals surface area contributed by atoms with E-state index in [1.54, 1.807) is 6.92 Å². The zero-order valence-corrected chi connectivity index (χ0v) is 13.2. The maximum Gasteiger partial charge on any atom is 0.239 e. The smallest absolute Gasteiger partial charge is 0.239 e. The van der Waals surface area contributed by atoms with E-state index in [4.69, 9.17) is 0 Å². The van der Waals surface area contributed by atoms with Crippen molar-refractivity contribution in [3.63, 3.8) is 0 Å². The van der Waals surface area contributed by atoms with Crippen LogP contribution in [-0.2, 0) is 4.79 Å². The topological polar surface area (TPSA) is 52.6 Å². The molecule has 0 saturated heterocycles. The number of hydrogen-bond acceptors (Lipinski definition) is 3. The predicted molar refractivity (Wildman–Crippen MR) is 81.3 cm³/mol. The molecule has 0 saturated carbocycles. The number of anilines is 1. The molecule has 0 aliphatic carbocycles. The van der Waals surface area contributed by atoms with Gasteiger partial charge in [0.05, 0.1) is 12.6 Å². The van der Waals surface area contributed by atoms with Crippen molar-refractivity contribution in [1.29, 1.82) is 0 Å². The molecular weight excluding hydrogens is 308 g/mol. The van der Waals surface area contributed by atoms with Crippen LogP contribution in [0.15, 0.2) is 22.7 Å². The Bertz CT molecular complexity index is 435. The summed E-state index contributed by atoms with van der Waals surface area (Å²) in [5.74, 6) is -0.0104. The van der Waals surface area contributed by atoms with Gasteiger partial charge in [-0.05, 0) is 31.5 Å². The van der Waals surface area contributed by atoms with Gasteiger partial charge in [-0.1, -0.05) is 22.9 Å². The first-order valence-corrected chi connectivity index (χ1v) is 7.20. The van der Waals surface area contributed by atoms with Crippen LogP contribution >= 0.6 is 15.9 Å². The van der Waals surface area contributed by atoms with Gasteiger partial charge in [0.25, 0.3) is 0 Å². The SMILES string of the molecule is CCCNC(=O)CN(C)c1ccc(Br)cc1C(C)O. The maximum absolute atomic E-state index is 11.7. The highest BCUT2D eigenvalue weighted by Gasteiger charge is 2.14. The van der Waals surface area contributed by atoms with Crippen molar-refractivity contribution in [2.24, 2.45) is 0 Å². The van der Waals surface area contributed by atoms with Gasteiger partial charge in [-0.15, -0.1) is 0 Å². The third-order valence-corrected chi connectivity index (χ3v) is 3.30. The van der Waals surface area contributed by atoms with Gasteiger partial charge in [0.1, 0.15) is 0 Å². The van der Waals surface area contributed by atoms with Gasteiger partial charge < -0.3 is 15.3 Å². The summed E-state index contributed by atoms with van der Waals surface area (Å²) in [7, 11) is 1.85. The molecule has 1 rings (SSSR count). The van der Waals surface area contributed by atoms with Crippen LogP contribution in [0.3, 0.4) is 0 Å². The van der Waals surface area contributed by atoms with Crippen LogP contribution in [0.2, 0.25) is 0 Å². The molecule has 19 heavy (non-hydrogen) atoms. The Morgan fingerprint density at radius 1 is 1.53 bits per heavy atom. The molecule has 0 fully saturated rings. The fourth-order valence-electron chi connectivity index (χ4n) is 1.83. The number of nitrogens with one attached hydrogen (secondary N) is 1. The number of hydrogen-bond donors (Lipinski definition) is 2. The van der Waals surface area contributed by atoms with Gasteiger partial charge in [-0.25, -0.2) is 0 Å². The van der Waals surface area contributed by atoms with Crippen LogP contribution in [0, 0.1) is 0 Å². The van der Waals surface area contributed by atoms with Crippen molar-refractivity contribution in [3.8, 4) is 0 Å². The molecule has 0 radical (unpaired) electrons. The van der Waals surface area contributed by atoms with E-state index in [9.17, 15) is 9.90 Å². The third-order valence-electron chi connectivity index (χ3n) is 2.80. The molecule has 0 spiro atoms. The van der Waals surface area contributed by atoms with Crippen molar-refractivity contribution in [2.45, 2.75) is 26.4 Å². The van der Waals surface area contributed by atoms with Crippen LogP contribution in [0.1, 0.15) is 31.9 Å². The lowest BCUT2D eigenvalue weighted by Gasteiger charge is -2.23. The number of aliphatic hydroxyl groups is 1. The number of aliphatic hydroxyl groups excluding tert-OH is 1. The van der Waals surface area contributed by atoms with Gasteiger partial charge in [0.15, 0.2) is 0 Å². The van der Waals surface area contributed by atoms with Crippen LogP contribution in [-0.4, -0.2) is 31.2 Å². The van der Waals surface area contributed by atoms with Crippen LogP contribution in [0.25, 0.3) is 0 Å². The average Bonchev–Trinajstić information content (AvgIpc) is 2.35. The maximum atomic E-state index is 11.7. The van der Waals surface area contributed by atoms with Crippen LogP contribution in [0.4, 0.5) is 5.69 Å². The molecular formula is C14H21BrN2O2. The lowest BCUT2D eigenvalue weighted by molar-refractivity contribution is -0.119. The first kappa shape index (κ1) is 16.0. The Morgan fingerprint density at radius 2 is 2.21 bits per heavy atom. The van der Waals surface area contributed by atoms with Crippen LogP contribution in [0.5, 0.6) is 0 Å². The first-order valence-electron chi connectivity index (χ1n) is 6.41. The van der Waals surface area contributed by atoms with Crippen molar-refractivity contribution in [2.75, 3.05) is 25.0 Å². The molecule has 0 aliphatic rings. The van der Waals surface area contributed by atoms with Crippen LogP contribution < -0.4 is 10.2 Å². The second-order valence-corrected chi connectivity index (χ2v) is 5.50. The second-order valence-electron chi connectivity index (χ2n) is 4.59. The summed E-state index contributed by atoms with van der Waals surface area (Å²) in [6.07, 6.45) is 0.348. The molecule has 1 amide bonds. The molecule has 1 aromatic carbocycles. The molecule has 1 aromatic rings. The van der Waals surface area contributed by atoms with Gasteiger partial charge in [0, 0.05) is 29.3 Å². The summed E-state index contributed by atoms with van der Waals surface area (Å²) >= 11 is 3.39. The Kier molecular flexibility index (Phi) is 6.31. The van der Waals surface area contributed by atoms with Crippen molar-refractivity contribution >= 4 is 27.5 Å². The Hall–Kier alpha value is -1.07. The molecule has 5 heteroatoms. The zero-order chi connectivity index (χ0) is 14.4. The molecule has 4 nitrogen and oxygen atoms in total. The number of nitrogens with zero attached hydrogens (tertiary/aromatic N) is 1. The fourth-order valence-corrected chi connectivity index (χ4v) is 2.21. The van der Waals surface area contributed by atoms with E-state index >= 15 is 0 Å². The number of amides is 1. The number of rotatable bonds is 6. The lowest BCUT2D eigenvalue weighted by atomic mass is 10.1. The van der Waals surface area contributed by atoms with Gasteiger partial charge >= 0.3 is 0 Å². The summed E-state index contributed by atoms with van der Waals surface area (Å²) in [6.45, 7) is 4.71.